The zero-order chi connectivity index (χ0) is 22.2. The summed E-state index contributed by atoms with van der Waals surface area (Å²) in [6.45, 7) is -0.443. The van der Waals surface area contributed by atoms with E-state index in [1.54, 1.807) is 29.1 Å². The molecule has 0 atom stereocenters. The lowest BCUT2D eigenvalue weighted by atomic mass is 10.2. The number of nitrogens with one attached hydrogen (secondary N) is 1. The van der Waals surface area contributed by atoms with E-state index in [0.717, 1.165) is 29.7 Å². The highest BCUT2D eigenvalue weighted by atomic mass is 32.2. The second kappa shape index (κ2) is 7.93. The first-order valence-corrected chi connectivity index (χ1v) is 10.9. The third-order valence-electron chi connectivity index (χ3n) is 4.80. The van der Waals surface area contributed by atoms with Gasteiger partial charge in [-0.3, -0.25) is 9.55 Å². The van der Waals surface area contributed by atoms with Crippen LogP contribution in [0.4, 0.5) is 13.2 Å². The molecule has 1 aromatic carbocycles. The highest BCUT2D eigenvalue weighted by Crippen LogP contribution is 2.36. The first-order chi connectivity index (χ1) is 14.7. The molecule has 0 saturated heterocycles. The van der Waals surface area contributed by atoms with Crippen LogP contribution >= 0.6 is 0 Å². The predicted molar refractivity (Wildman–Crippen MR) is 105 cm³/mol. The molecule has 2 aromatic heterocycles. The molecular weight excluding hydrogens is 435 g/mol. The number of rotatable bonds is 7. The SMILES string of the molecule is O=c1n(CCNS(=O)(=O)c2ccccc2C(F)(F)F)nc(-c2cccnc2)n1C1CC1. The van der Waals surface area contributed by atoms with Crippen LogP contribution in [0.2, 0.25) is 0 Å². The molecule has 1 fully saturated rings. The zero-order valence-corrected chi connectivity index (χ0v) is 16.9. The molecule has 0 amide bonds. The fourth-order valence-electron chi connectivity index (χ4n) is 3.22. The average Bonchev–Trinajstić information content (AvgIpc) is 3.52. The highest BCUT2D eigenvalue weighted by Gasteiger charge is 2.37. The van der Waals surface area contributed by atoms with Crippen molar-refractivity contribution in [3.05, 3.63) is 64.8 Å². The maximum atomic E-state index is 13.2. The van der Waals surface area contributed by atoms with E-state index in [1.165, 1.54) is 6.07 Å². The van der Waals surface area contributed by atoms with E-state index >= 15 is 0 Å². The van der Waals surface area contributed by atoms with Crippen molar-refractivity contribution in [1.29, 1.82) is 0 Å². The number of alkyl halides is 3. The van der Waals surface area contributed by atoms with Gasteiger partial charge in [-0.15, -0.1) is 5.10 Å². The minimum Gasteiger partial charge on any atom is -0.272 e. The van der Waals surface area contributed by atoms with Crippen molar-refractivity contribution in [1.82, 2.24) is 24.1 Å². The van der Waals surface area contributed by atoms with E-state index in [1.807, 2.05) is 0 Å². The summed E-state index contributed by atoms with van der Waals surface area (Å²) >= 11 is 0. The van der Waals surface area contributed by atoms with Crippen LogP contribution in [0.15, 0.2) is 58.5 Å². The van der Waals surface area contributed by atoms with Crippen LogP contribution in [-0.2, 0) is 22.7 Å². The summed E-state index contributed by atoms with van der Waals surface area (Å²) in [6, 6.07) is 7.41. The lowest BCUT2D eigenvalue weighted by molar-refractivity contribution is -0.139. The molecule has 0 spiro atoms. The molecule has 31 heavy (non-hydrogen) atoms. The minimum atomic E-state index is -4.82. The smallest absolute Gasteiger partial charge is 0.272 e. The highest BCUT2D eigenvalue weighted by molar-refractivity contribution is 7.89. The van der Waals surface area contributed by atoms with Crippen molar-refractivity contribution >= 4 is 10.0 Å². The number of hydrogen-bond acceptors (Lipinski definition) is 5. The Morgan fingerprint density at radius 2 is 1.87 bits per heavy atom. The molecule has 3 aromatic rings. The number of aromatic nitrogens is 4. The summed E-state index contributed by atoms with van der Waals surface area (Å²) in [6.07, 6.45) is 0.0127. The summed E-state index contributed by atoms with van der Waals surface area (Å²) < 4.78 is 69.2. The Morgan fingerprint density at radius 3 is 2.52 bits per heavy atom. The number of halogens is 3. The fourth-order valence-corrected chi connectivity index (χ4v) is 4.46. The summed E-state index contributed by atoms with van der Waals surface area (Å²) in [5.74, 6) is 0.422. The molecule has 0 radical (unpaired) electrons. The van der Waals surface area contributed by atoms with Gasteiger partial charge in [-0.1, -0.05) is 12.1 Å². The van der Waals surface area contributed by atoms with Crippen molar-refractivity contribution in [3.63, 3.8) is 0 Å². The van der Waals surface area contributed by atoms with E-state index in [2.05, 4.69) is 14.8 Å². The van der Waals surface area contributed by atoms with Gasteiger partial charge in [0.15, 0.2) is 5.82 Å². The molecule has 0 aliphatic heterocycles. The molecule has 1 saturated carbocycles. The van der Waals surface area contributed by atoms with Gasteiger partial charge in [0.1, 0.15) is 0 Å². The lowest BCUT2D eigenvalue weighted by Gasteiger charge is -2.13. The van der Waals surface area contributed by atoms with Crippen LogP contribution in [0, 0.1) is 0 Å². The van der Waals surface area contributed by atoms with E-state index in [0.29, 0.717) is 17.5 Å². The van der Waals surface area contributed by atoms with Gasteiger partial charge < -0.3 is 0 Å². The van der Waals surface area contributed by atoms with E-state index in [4.69, 9.17) is 0 Å². The molecular formula is C19H18F3N5O3S. The molecule has 1 N–H and O–H groups in total. The molecule has 164 valence electrons. The molecule has 4 rings (SSSR count). The first-order valence-electron chi connectivity index (χ1n) is 9.44. The zero-order valence-electron chi connectivity index (χ0n) is 16.1. The average molecular weight is 453 g/mol. The fraction of sp³-hybridized carbons (Fsp3) is 0.316. The number of hydrogen-bond donors (Lipinski definition) is 1. The predicted octanol–water partition coefficient (Wildman–Crippen LogP) is 2.44. The Labute approximate surface area is 175 Å². The number of sulfonamides is 1. The van der Waals surface area contributed by atoms with E-state index in [9.17, 15) is 26.4 Å². The van der Waals surface area contributed by atoms with Crippen LogP contribution in [-0.4, -0.2) is 34.3 Å². The van der Waals surface area contributed by atoms with Crippen molar-refractivity contribution in [2.75, 3.05) is 6.54 Å². The van der Waals surface area contributed by atoms with Crippen molar-refractivity contribution < 1.29 is 21.6 Å². The maximum absolute atomic E-state index is 13.2. The third-order valence-corrected chi connectivity index (χ3v) is 6.32. The van der Waals surface area contributed by atoms with Gasteiger partial charge in [0, 0.05) is 30.5 Å². The number of pyridine rings is 1. The minimum absolute atomic E-state index is 0.0202. The molecule has 8 nitrogen and oxygen atoms in total. The van der Waals surface area contributed by atoms with Crippen LogP contribution in [0.1, 0.15) is 24.4 Å². The van der Waals surface area contributed by atoms with E-state index < -0.39 is 32.3 Å². The van der Waals surface area contributed by atoms with Crippen LogP contribution < -0.4 is 10.4 Å². The molecule has 1 aliphatic carbocycles. The van der Waals surface area contributed by atoms with Crippen LogP contribution in [0.25, 0.3) is 11.4 Å². The summed E-state index contributed by atoms with van der Waals surface area (Å²) in [5.41, 5.74) is -1.02. The topological polar surface area (TPSA) is 98.9 Å². The van der Waals surface area contributed by atoms with Crippen LogP contribution in [0.3, 0.4) is 0 Å². The maximum Gasteiger partial charge on any atom is 0.417 e. The molecule has 0 bridgehead atoms. The second-order valence-corrected chi connectivity index (χ2v) is 8.80. The van der Waals surface area contributed by atoms with Crippen LogP contribution in [0.5, 0.6) is 0 Å². The molecule has 2 heterocycles. The molecule has 12 heteroatoms. The Balaban J connectivity index is 1.55. The quantitative estimate of drug-likeness (QED) is 0.593. The Morgan fingerprint density at radius 1 is 1.13 bits per heavy atom. The third kappa shape index (κ3) is 4.39. The second-order valence-electron chi connectivity index (χ2n) is 7.06. The monoisotopic (exact) mass is 453 g/mol. The summed E-state index contributed by atoms with van der Waals surface area (Å²) in [5, 5.41) is 4.30. The van der Waals surface area contributed by atoms with Gasteiger partial charge >= 0.3 is 11.9 Å². The Kier molecular flexibility index (Phi) is 5.43. The largest absolute Gasteiger partial charge is 0.417 e. The van der Waals surface area contributed by atoms with Gasteiger partial charge in [-0.05, 0) is 37.1 Å². The van der Waals surface area contributed by atoms with Gasteiger partial charge in [0.05, 0.1) is 17.0 Å². The van der Waals surface area contributed by atoms with Gasteiger partial charge in [-0.2, -0.15) is 13.2 Å². The van der Waals surface area contributed by atoms with Gasteiger partial charge in [0.2, 0.25) is 10.0 Å². The molecule has 1 aliphatic rings. The summed E-state index contributed by atoms with van der Waals surface area (Å²) in [4.78, 5) is 15.9. The van der Waals surface area contributed by atoms with E-state index in [-0.39, 0.29) is 19.1 Å². The van der Waals surface area contributed by atoms with Gasteiger partial charge in [0.25, 0.3) is 0 Å². The molecule has 0 unspecified atom stereocenters. The van der Waals surface area contributed by atoms with Gasteiger partial charge in [-0.25, -0.2) is 22.6 Å². The summed E-state index contributed by atoms with van der Waals surface area (Å²) in [7, 11) is -4.45. The Hall–Kier alpha value is -2.99. The Bertz CT molecular complexity index is 1250. The number of benzene rings is 1. The first kappa shape index (κ1) is 21.2. The normalized spacial score (nSPS) is 14.7. The number of nitrogens with zero attached hydrogens (tertiary/aromatic N) is 4. The van der Waals surface area contributed by atoms with Crippen molar-refractivity contribution in [2.24, 2.45) is 0 Å². The lowest BCUT2D eigenvalue weighted by Crippen LogP contribution is -2.33. The standard InChI is InChI=1S/C19H18F3N5O3S/c20-19(21,22)15-5-1-2-6-16(15)31(29,30)24-10-11-26-18(28)27(14-7-8-14)17(25-26)13-4-3-9-23-12-13/h1-6,9,12,14,24H,7-8,10-11H2. The van der Waals surface area contributed by atoms with Crippen molar-refractivity contribution in [2.45, 2.75) is 36.5 Å². The van der Waals surface area contributed by atoms with Crippen molar-refractivity contribution in [3.8, 4) is 11.4 Å².